The normalized spacial score (nSPS) is 11.7. The summed E-state index contributed by atoms with van der Waals surface area (Å²) in [6.45, 7) is 2.46. The number of aryl methyl sites for hydroxylation is 2. The summed E-state index contributed by atoms with van der Waals surface area (Å²) in [5, 5.41) is 0. The minimum Gasteiger partial charge on any atom is -0.490 e. The number of benzene rings is 2. The zero-order valence-corrected chi connectivity index (χ0v) is 19.6. The molecule has 0 aliphatic rings. The van der Waals surface area contributed by atoms with Gasteiger partial charge < -0.3 is 14.4 Å². The Labute approximate surface area is 187 Å². The molecule has 0 atom stereocenters. The maximum atomic E-state index is 12.8. The maximum Gasteiger partial charge on any atom is 0.387 e. The van der Waals surface area contributed by atoms with Gasteiger partial charge in [0.25, 0.3) is 0 Å². The van der Waals surface area contributed by atoms with Crippen LogP contribution in [0.25, 0.3) is 0 Å². The summed E-state index contributed by atoms with van der Waals surface area (Å²) in [6, 6.07) is 9.22. The zero-order valence-electron chi connectivity index (χ0n) is 18.8. The molecule has 1 amide bonds. The van der Waals surface area contributed by atoms with Crippen LogP contribution in [-0.2, 0) is 21.4 Å². The van der Waals surface area contributed by atoms with Crippen LogP contribution in [0, 0.1) is 13.8 Å². The number of amides is 1. The van der Waals surface area contributed by atoms with Crippen LogP contribution in [0.5, 0.6) is 11.5 Å². The molecule has 0 saturated heterocycles. The first-order valence-electron chi connectivity index (χ1n) is 9.93. The van der Waals surface area contributed by atoms with Gasteiger partial charge in [-0.3, -0.25) is 4.79 Å². The summed E-state index contributed by atoms with van der Waals surface area (Å²) >= 11 is 0. The number of hydrogen-bond acceptors (Lipinski definition) is 5. The fraction of sp³-hybridized carbons (Fsp3) is 0.409. The Morgan fingerprint density at radius 3 is 2.31 bits per heavy atom. The van der Waals surface area contributed by atoms with Crippen LogP contribution >= 0.6 is 0 Å². The van der Waals surface area contributed by atoms with Crippen molar-refractivity contribution in [3.8, 4) is 11.5 Å². The third-order valence-corrected chi connectivity index (χ3v) is 6.71. The van der Waals surface area contributed by atoms with Crippen LogP contribution in [0.2, 0.25) is 0 Å². The topological polar surface area (TPSA) is 76.2 Å². The van der Waals surface area contributed by atoms with E-state index in [0.29, 0.717) is 5.56 Å². The summed E-state index contributed by atoms with van der Waals surface area (Å²) in [7, 11) is -0.955. The number of halogens is 2. The molecule has 0 radical (unpaired) electrons. The lowest BCUT2D eigenvalue weighted by atomic mass is 10.1. The molecule has 0 aliphatic heterocycles. The third-order valence-electron chi connectivity index (χ3n) is 4.91. The van der Waals surface area contributed by atoms with Gasteiger partial charge in [-0.25, -0.2) is 8.42 Å². The molecule has 0 N–H and O–H groups in total. The molecule has 0 heterocycles. The fourth-order valence-electron chi connectivity index (χ4n) is 2.92. The second kappa shape index (κ2) is 10.7. The van der Waals surface area contributed by atoms with E-state index in [2.05, 4.69) is 4.74 Å². The minimum absolute atomic E-state index is 0.0983. The zero-order chi connectivity index (χ0) is 24.1. The van der Waals surface area contributed by atoms with Crippen molar-refractivity contribution >= 4 is 15.9 Å². The van der Waals surface area contributed by atoms with Gasteiger partial charge in [-0.15, -0.1) is 0 Å². The van der Waals surface area contributed by atoms with Gasteiger partial charge in [0, 0.05) is 20.6 Å². The van der Waals surface area contributed by atoms with Crippen LogP contribution in [0.15, 0.2) is 41.3 Å². The van der Waals surface area contributed by atoms with Crippen LogP contribution in [0.4, 0.5) is 8.78 Å². The minimum atomic E-state index is -3.83. The van der Waals surface area contributed by atoms with E-state index in [0.717, 1.165) is 15.4 Å². The predicted octanol–water partition coefficient (Wildman–Crippen LogP) is 3.58. The van der Waals surface area contributed by atoms with Gasteiger partial charge in [-0.1, -0.05) is 12.1 Å². The molecule has 0 unspecified atom stereocenters. The van der Waals surface area contributed by atoms with E-state index < -0.39 is 22.5 Å². The molecule has 0 saturated carbocycles. The number of sulfonamides is 1. The monoisotopic (exact) mass is 470 g/mol. The SMILES string of the molecule is CCOc1cc(CN(C)C(=O)CN(C)S(=O)(=O)c2ccc(C)c(C)c2)ccc1OC(F)F. The molecule has 10 heteroatoms. The third kappa shape index (κ3) is 6.39. The van der Waals surface area contributed by atoms with Crippen LogP contribution in [0.1, 0.15) is 23.6 Å². The van der Waals surface area contributed by atoms with Gasteiger partial charge in [0.15, 0.2) is 11.5 Å². The highest BCUT2D eigenvalue weighted by Crippen LogP contribution is 2.30. The molecule has 0 fully saturated rings. The quantitative estimate of drug-likeness (QED) is 0.531. The Morgan fingerprint density at radius 2 is 1.72 bits per heavy atom. The number of carbonyl (C=O) groups excluding carboxylic acids is 1. The second-order valence-corrected chi connectivity index (χ2v) is 9.39. The molecule has 0 spiro atoms. The van der Waals surface area contributed by atoms with E-state index >= 15 is 0 Å². The molecule has 7 nitrogen and oxygen atoms in total. The number of carbonyl (C=O) groups is 1. The van der Waals surface area contributed by atoms with Gasteiger partial charge in [0.2, 0.25) is 15.9 Å². The Kier molecular flexibility index (Phi) is 8.57. The fourth-order valence-corrected chi connectivity index (χ4v) is 4.13. The molecule has 0 aliphatic carbocycles. The number of rotatable bonds is 10. The largest absolute Gasteiger partial charge is 0.490 e. The van der Waals surface area contributed by atoms with E-state index in [9.17, 15) is 22.0 Å². The molecule has 32 heavy (non-hydrogen) atoms. The molecule has 2 aromatic carbocycles. The summed E-state index contributed by atoms with van der Waals surface area (Å²) in [6.07, 6.45) is 0. The molecule has 176 valence electrons. The molecular weight excluding hydrogens is 442 g/mol. The number of alkyl halides is 2. The van der Waals surface area contributed by atoms with Gasteiger partial charge in [0.05, 0.1) is 18.0 Å². The summed E-state index contributed by atoms with van der Waals surface area (Å²) in [5.41, 5.74) is 2.43. The van der Waals surface area contributed by atoms with Crippen molar-refractivity contribution in [2.24, 2.45) is 0 Å². The Bertz CT molecular complexity index is 1060. The lowest BCUT2D eigenvalue weighted by molar-refractivity contribution is -0.130. The lowest BCUT2D eigenvalue weighted by Crippen LogP contribution is -2.39. The van der Waals surface area contributed by atoms with E-state index in [1.807, 2.05) is 13.8 Å². The van der Waals surface area contributed by atoms with Crippen molar-refractivity contribution < 1.29 is 31.5 Å². The van der Waals surface area contributed by atoms with Crippen molar-refractivity contribution in [2.45, 2.75) is 38.8 Å². The van der Waals surface area contributed by atoms with Crippen LogP contribution < -0.4 is 9.47 Å². The maximum absolute atomic E-state index is 12.8. The first-order valence-corrected chi connectivity index (χ1v) is 11.4. The van der Waals surface area contributed by atoms with Crippen molar-refractivity contribution in [2.75, 3.05) is 27.2 Å². The van der Waals surface area contributed by atoms with Gasteiger partial charge in [0.1, 0.15) is 0 Å². The number of hydrogen-bond donors (Lipinski definition) is 0. The highest BCUT2D eigenvalue weighted by molar-refractivity contribution is 7.89. The Hall–Kier alpha value is -2.72. The molecule has 0 aromatic heterocycles. The average molecular weight is 471 g/mol. The van der Waals surface area contributed by atoms with E-state index in [-0.39, 0.29) is 36.1 Å². The van der Waals surface area contributed by atoms with Crippen LogP contribution in [0.3, 0.4) is 0 Å². The molecule has 0 bridgehead atoms. The van der Waals surface area contributed by atoms with Crippen molar-refractivity contribution in [3.05, 3.63) is 53.1 Å². The molecular formula is C22H28F2N2O5S. The lowest BCUT2D eigenvalue weighted by Gasteiger charge is -2.22. The number of nitrogens with zero attached hydrogens (tertiary/aromatic N) is 2. The van der Waals surface area contributed by atoms with E-state index in [1.165, 1.54) is 37.2 Å². The highest BCUT2D eigenvalue weighted by atomic mass is 32.2. The smallest absolute Gasteiger partial charge is 0.387 e. The van der Waals surface area contributed by atoms with Gasteiger partial charge >= 0.3 is 6.61 Å². The number of likely N-dealkylation sites (N-methyl/N-ethyl adjacent to an activating group) is 2. The Balaban J connectivity index is 2.10. The van der Waals surface area contributed by atoms with Gasteiger partial charge in [-0.05, 0) is 61.7 Å². The summed E-state index contributed by atoms with van der Waals surface area (Å²) in [5.74, 6) is -0.384. The van der Waals surface area contributed by atoms with E-state index in [4.69, 9.17) is 4.74 Å². The number of ether oxygens (including phenoxy) is 2. The van der Waals surface area contributed by atoms with E-state index in [1.54, 1.807) is 25.1 Å². The molecule has 2 rings (SSSR count). The second-order valence-electron chi connectivity index (χ2n) is 7.35. The summed E-state index contributed by atoms with van der Waals surface area (Å²) in [4.78, 5) is 14.1. The van der Waals surface area contributed by atoms with Crippen molar-refractivity contribution in [1.29, 1.82) is 0 Å². The van der Waals surface area contributed by atoms with Gasteiger partial charge in [-0.2, -0.15) is 13.1 Å². The molecule has 2 aromatic rings. The van der Waals surface area contributed by atoms with Crippen molar-refractivity contribution in [3.63, 3.8) is 0 Å². The highest BCUT2D eigenvalue weighted by Gasteiger charge is 2.25. The predicted molar refractivity (Wildman–Crippen MR) is 116 cm³/mol. The summed E-state index contributed by atoms with van der Waals surface area (Å²) < 4.78 is 61.5. The average Bonchev–Trinajstić information content (AvgIpc) is 2.71. The first kappa shape index (κ1) is 25.5. The Morgan fingerprint density at radius 1 is 1.03 bits per heavy atom. The first-order chi connectivity index (χ1) is 14.9. The standard InChI is InChI=1S/C22H28F2N2O5S/c1-6-30-20-12-17(8-10-19(20)31-22(23)24)13-25(4)21(27)14-26(5)32(28,29)18-9-7-15(2)16(3)11-18/h7-12,22H,6,13-14H2,1-5H3. The van der Waals surface area contributed by atoms with Crippen LogP contribution in [-0.4, -0.2) is 57.4 Å². The van der Waals surface area contributed by atoms with Crippen molar-refractivity contribution in [1.82, 2.24) is 9.21 Å².